The van der Waals surface area contributed by atoms with E-state index < -0.39 is 42.4 Å². The Kier molecular flexibility index (Phi) is 14.9. The molecule has 0 saturated carbocycles. The number of hydrogen-bond acceptors (Lipinski definition) is 12. The maximum Gasteiger partial charge on any atom is 0.193 e. The summed E-state index contributed by atoms with van der Waals surface area (Å²) in [4.78, 5) is 12.8. The Balaban J connectivity index is 0.811. The molecular weight excluding hydrogens is 905 g/mol. The highest BCUT2D eigenvalue weighted by Crippen LogP contribution is 2.54. The fourth-order valence-electron chi connectivity index (χ4n) is 13.9. The second-order valence-corrected chi connectivity index (χ2v) is 27.9. The third-order valence-electron chi connectivity index (χ3n) is 18.2. The van der Waals surface area contributed by atoms with E-state index in [9.17, 15) is 4.79 Å². The van der Waals surface area contributed by atoms with Gasteiger partial charge in [0.25, 0.3) is 0 Å². The average molecular weight is 987 g/mol. The van der Waals surface area contributed by atoms with Gasteiger partial charge in [0.05, 0.1) is 97.2 Å². The Morgan fingerprint density at radius 1 is 0.657 bits per heavy atom. The third kappa shape index (κ3) is 9.99. The summed E-state index contributed by atoms with van der Waals surface area (Å²) in [6, 6.07) is 23.7. The maximum absolute atomic E-state index is 12.8. The third-order valence-corrected chi connectivity index (χ3v) is 23.0. The molecule has 18 atom stereocenters. The Labute approximate surface area is 418 Å². The van der Waals surface area contributed by atoms with Gasteiger partial charge in [-0.2, -0.15) is 0 Å². The number of rotatable bonds is 15. The molecule has 2 aromatic rings. The minimum atomic E-state index is -2.08. The summed E-state index contributed by atoms with van der Waals surface area (Å²) in [5.74, 6) is 0. The molecule has 0 radical (unpaired) electrons. The summed E-state index contributed by atoms with van der Waals surface area (Å²) >= 11 is 0. The van der Waals surface area contributed by atoms with Crippen LogP contribution in [-0.4, -0.2) is 129 Å². The summed E-state index contributed by atoms with van der Waals surface area (Å²) in [7, 11) is -2.08. The zero-order valence-electron chi connectivity index (χ0n) is 43.2. The van der Waals surface area contributed by atoms with Crippen molar-refractivity contribution in [3.63, 3.8) is 0 Å². The fourth-order valence-corrected chi connectivity index (χ4v) is 17.0. The maximum atomic E-state index is 12.8. The van der Waals surface area contributed by atoms with Gasteiger partial charge in [-0.05, 0) is 89.6 Å². The van der Waals surface area contributed by atoms with Crippen molar-refractivity contribution in [2.24, 2.45) is 0 Å². The Morgan fingerprint density at radius 3 is 2.07 bits per heavy atom. The van der Waals surface area contributed by atoms with E-state index in [2.05, 4.69) is 109 Å². The number of hydrogen-bond donors (Lipinski definition) is 0. The van der Waals surface area contributed by atoms with E-state index in [4.69, 9.17) is 51.8 Å². The smallest absolute Gasteiger partial charge is 0.193 e. The molecule has 12 nitrogen and oxygen atoms in total. The van der Waals surface area contributed by atoms with Crippen LogP contribution < -0.4 is 0 Å². The van der Waals surface area contributed by atoms with Gasteiger partial charge in [-0.1, -0.05) is 93.6 Å². The molecule has 386 valence electrons. The van der Waals surface area contributed by atoms with Gasteiger partial charge in [0.15, 0.2) is 14.6 Å². The molecule has 0 N–H and O–H groups in total. The van der Waals surface area contributed by atoms with E-state index in [1.807, 2.05) is 19.1 Å². The van der Waals surface area contributed by atoms with E-state index in [-0.39, 0.29) is 73.2 Å². The topological polar surface area (TPSA) is 119 Å². The van der Waals surface area contributed by atoms with Gasteiger partial charge in [-0.15, -0.1) is 0 Å². The predicted octanol–water partition coefficient (Wildman–Crippen LogP) is 9.92. The molecule has 10 rings (SSSR count). The minimum Gasteiger partial charge on any atom is -0.405 e. The van der Waals surface area contributed by atoms with Crippen LogP contribution in [0, 0.1) is 0 Å². The molecule has 0 bridgehead atoms. The van der Waals surface area contributed by atoms with E-state index in [0.717, 1.165) is 68.5 Å². The summed E-state index contributed by atoms with van der Waals surface area (Å²) in [6.07, 6.45) is 9.66. The van der Waals surface area contributed by atoms with Crippen LogP contribution in [0.4, 0.5) is 0 Å². The number of aldehydes is 1. The SMILES string of the molecule is CC[Si](CC)(CC)O[C@@]1(C)C=C[C@H]2O[C@@]3(C)C[C@@]4(C)O[C@H]5C[C@H]6O[C@H]7C[C@H]8O[C@@H](CCCOCc9ccccc9)C[C@H](OCc9ccccc9)[C@]8(C)O[C@]7(C)C[C@@H]6O[C@@H]5CC[C@@H]4O[C@@H]3C[C@@H]2O[C@@H]1C=O. The normalized spacial score (nSPS) is 44.4. The monoisotopic (exact) mass is 987 g/mol. The summed E-state index contributed by atoms with van der Waals surface area (Å²) < 4.78 is 77.0. The van der Waals surface area contributed by atoms with Crippen LogP contribution in [0.1, 0.15) is 131 Å². The molecule has 0 spiro atoms. The van der Waals surface area contributed by atoms with Gasteiger partial charge >= 0.3 is 0 Å². The van der Waals surface area contributed by atoms with Crippen molar-refractivity contribution in [1.82, 2.24) is 0 Å². The number of ether oxygens (including phenoxy) is 10. The summed E-state index contributed by atoms with van der Waals surface area (Å²) in [5.41, 5.74) is -1.09. The second-order valence-electron chi connectivity index (χ2n) is 23.2. The standard InChI is InChI=1S/C57H82O12Si/c1-9-70(10-2,11-3)69-53(4)27-26-42-44(64-52(53)34-58)31-48-56(7,66-42)37-55(6)47(65-48)25-24-41-45(67-55)30-43-46(62-41)33-54(5)49(63-43)32-51-57(8,68-54)50(60-36-39-21-16-13-17-22-39)29-40(61-51)23-18-28-59-35-38-19-14-12-15-20-38/h12-17,19-22,26-27,34,40-52H,9-11,18,23-25,28-33,35-37H2,1-8H3/t40-,41+,42+,43+,44-,45-,46-,47-,48+,49-,50-,51+,52+,53-,54+,55+,56-,57-/m0/s1. The van der Waals surface area contributed by atoms with Crippen LogP contribution in [0.3, 0.4) is 0 Å². The number of fused-ring (bicyclic) bond motifs is 7. The Hall–Kier alpha value is -2.37. The van der Waals surface area contributed by atoms with E-state index in [1.54, 1.807) is 0 Å². The van der Waals surface area contributed by atoms with Crippen LogP contribution in [0.15, 0.2) is 72.8 Å². The Morgan fingerprint density at radius 2 is 1.36 bits per heavy atom. The molecule has 0 amide bonds. The summed E-state index contributed by atoms with van der Waals surface area (Å²) in [5, 5.41) is 0. The zero-order chi connectivity index (χ0) is 48.9. The molecule has 7 fully saturated rings. The Bertz CT molecular complexity index is 2100. The second kappa shape index (κ2) is 20.4. The van der Waals surface area contributed by atoms with Crippen molar-refractivity contribution in [3.8, 4) is 0 Å². The predicted molar refractivity (Wildman–Crippen MR) is 267 cm³/mol. The molecule has 0 aromatic heterocycles. The first-order valence-electron chi connectivity index (χ1n) is 27.1. The molecule has 8 heterocycles. The number of carbonyl (C=O) groups excluding carboxylic acids is 1. The molecule has 0 unspecified atom stereocenters. The van der Waals surface area contributed by atoms with Crippen molar-refractivity contribution >= 4 is 14.6 Å². The van der Waals surface area contributed by atoms with Gasteiger partial charge in [0, 0.05) is 45.1 Å². The first-order valence-corrected chi connectivity index (χ1v) is 29.6. The highest BCUT2D eigenvalue weighted by atomic mass is 28.4. The van der Waals surface area contributed by atoms with Crippen molar-refractivity contribution < 1.29 is 56.6 Å². The quantitative estimate of drug-likeness (QED) is 0.0732. The molecule has 2 aromatic carbocycles. The highest BCUT2D eigenvalue weighted by molar-refractivity contribution is 6.73. The van der Waals surface area contributed by atoms with E-state index in [0.29, 0.717) is 45.5 Å². The zero-order valence-corrected chi connectivity index (χ0v) is 44.2. The van der Waals surface area contributed by atoms with Crippen LogP contribution >= 0.6 is 0 Å². The van der Waals surface area contributed by atoms with Gasteiger partial charge in [0.1, 0.15) is 23.4 Å². The summed E-state index contributed by atoms with van der Waals surface area (Å²) in [6.45, 7) is 19.2. The van der Waals surface area contributed by atoms with Crippen molar-refractivity contribution in [2.75, 3.05) is 6.61 Å². The molecule has 8 aliphatic rings. The van der Waals surface area contributed by atoms with E-state index >= 15 is 0 Å². The minimum absolute atomic E-state index is 0.0104. The molecule has 8 aliphatic heterocycles. The van der Waals surface area contributed by atoms with Crippen LogP contribution in [0.5, 0.6) is 0 Å². The van der Waals surface area contributed by atoms with Crippen LogP contribution in [-0.2, 0) is 69.8 Å². The van der Waals surface area contributed by atoms with Crippen LogP contribution in [0.2, 0.25) is 18.1 Å². The van der Waals surface area contributed by atoms with Crippen molar-refractivity contribution in [3.05, 3.63) is 83.9 Å². The molecule has 0 aliphatic carbocycles. The molecule has 70 heavy (non-hydrogen) atoms. The van der Waals surface area contributed by atoms with Gasteiger partial charge in [-0.3, -0.25) is 0 Å². The van der Waals surface area contributed by atoms with Gasteiger partial charge in [0.2, 0.25) is 0 Å². The van der Waals surface area contributed by atoms with E-state index in [1.165, 1.54) is 5.56 Å². The van der Waals surface area contributed by atoms with Gasteiger partial charge in [-0.25, -0.2) is 0 Å². The van der Waals surface area contributed by atoms with Crippen molar-refractivity contribution in [2.45, 2.75) is 258 Å². The number of carbonyl (C=O) groups is 1. The lowest BCUT2D eigenvalue weighted by atomic mass is 9.72. The lowest BCUT2D eigenvalue weighted by molar-refractivity contribution is -0.373. The van der Waals surface area contributed by atoms with Gasteiger partial charge < -0.3 is 56.6 Å². The number of benzene rings is 2. The first kappa shape index (κ1) is 51.1. The molecule has 7 saturated heterocycles. The molecular formula is C57H82O12Si. The van der Waals surface area contributed by atoms with Crippen molar-refractivity contribution in [1.29, 1.82) is 0 Å². The first-order chi connectivity index (χ1) is 33.6. The highest BCUT2D eigenvalue weighted by Gasteiger charge is 2.65. The average Bonchev–Trinajstić information content (AvgIpc) is 3.56. The largest absolute Gasteiger partial charge is 0.405 e. The molecule has 13 heteroatoms. The lowest BCUT2D eigenvalue weighted by Gasteiger charge is -2.62. The van der Waals surface area contributed by atoms with Crippen LogP contribution in [0.25, 0.3) is 0 Å². The fraction of sp³-hybridized carbons (Fsp3) is 0.737. The lowest BCUT2D eigenvalue weighted by Crippen LogP contribution is -2.72.